The molecule has 1 amide bonds. The molecule has 108 valence electrons. The molecule has 0 saturated carbocycles. The number of nitriles is 1. The van der Waals surface area contributed by atoms with Gasteiger partial charge >= 0.3 is 0 Å². The average Bonchev–Trinajstić information content (AvgIpc) is 3.04. The highest BCUT2D eigenvalue weighted by atomic mass is 32.1. The largest absolute Gasteiger partial charge is 0.383 e. The Kier molecular flexibility index (Phi) is 5.50. The van der Waals surface area contributed by atoms with Gasteiger partial charge in [-0.3, -0.25) is 4.79 Å². The summed E-state index contributed by atoms with van der Waals surface area (Å²) in [5, 5.41) is 10.8. The van der Waals surface area contributed by atoms with Crippen LogP contribution in [0.2, 0.25) is 0 Å². The van der Waals surface area contributed by atoms with Crippen molar-refractivity contribution in [2.45, 2.75) is 6.54 Å². The monoisotopic (exact) mass is 300 g/mol. The molecule has 0 spiro atoms. The molecule has 2 rings (SSSR count). The molecule has 1 aromatic heterocycles. The van der Waals surface area contributed by atoms with Crippen molar-refractivity contribution in [3.8, 4) is 6.07 Å². The van der Waals surface area contributed by atoms with Crippen LogP contribution in [0.15, 0.2) is 41.8 Å². The number of carbonyl (C=O) groups excluding carboxylic acids is 1. The first-order chi connectivity index (χ1) is 10.2. The van der Waals surface area contributed by atoms with Crippen molar-refractivity contribution < 1.29 is 9.53 Å². The van der Waals surface area contributed by atoms with Gasteiger partial charge in [0.2, 0.25) is 0 Å². The maximum atomic E-state index is 12.6. The highest BCUT2D eigenvalue weighted by molar-refractivity contribution is 7.09. The fourth-order valence-corrected chi connectivity index (χ4v) is 2.63. The lowest BCUT2D eigenvalue weighted by atomic mass is 10.1. The van der Waals surface area contributed by atoms with Crippen molar-refractivity contribution in [2.75, 3.05) is 20.3 Å². The van der Waals surface area contributed by atoms with Crippen LogP contribution in [0, 0.1) is 11.3 Å². The molecule has 4 nitrogen and oxygen atoms in total. The fourth-order valence-electron chi connectivity index (χ4n) is 1.91. The van der Waals surface area contributed by atoms with Gasteiger partial charge in [0.1, 0.15) is 0 Å². The first-order valence-electron chi connectivity index (χ1n) is 6.55. The number of carbonyl (C=O) groups is 1. The fraction of sp³-hybridized carbons (Fsp3) is 0.250. The summed E-state index contributed by atoms with van der Waals surface area (Å²) < 4.78 is 5.08. The second-order valence-electron chi connectivity index (χ2n) is 4.49. The first-order valence-corrected chi connectivity index (χ1v) is 7.43. The van der Waals surface area contributed by atoms with Crippen molar-refractivity contribution >= 4 is 17.2 Å². The van der Waals surface area contributed by atoms with Gasteiger partial charge in [-0.2, -0.15) is 5.26 Å². The molecule has 0 atom stereocenters. The van der Waals surface area contributed by atoms with Crippen LogP contribution in [-0.4, -0.2) is 31.1 Å². The predicted octanol–water partition coefficient (Wildman–Crippen LogP) is 2.91. The van der Waals surface area contributed by atoms with Crippen LogP contribution in [0.5, 0.6) is 0 Å². The van der Waals surface area contributed by atoms with E-state index in [1.165, 1.54) is 0 Å². The lowest BCUT2D eigenvalue weighted by Crippen LogP contribution is -2.33. The number of hydrogen-bond donors (Lipinski definition) is 0. The summed E-state index contributed by atoms with van der Waals surface area (Å²) in [7, 11) is 1.62. The van der Waals surface area contributed by atoms with Crippen LogP contribution in [-0.2, 0) is 11.3 Å². The van der Waals surface area contributed by atoms with E-state index in [0.717, 1.165) is 4.88 Å². The smallest absolute Gasteiger partial charge is 0.254 e. The normalized spacial score (nSPS) is 10.1. The van der Waals surface area contributed by atoms with Crippen molar-refractivity contribution in [3.63, 3.8) is 0 Å². The molecule has 0 fully saturated rings. The number of benzene rings is 1. The van der Waals surface area contributed by atoms with E-state index in [-0.39, 0.29) is 5.91 Å². The van der Waals surface area contributed by atoms with Gasteiger partial charge in [0, 0.05) is 24.1 Å². The Morgan fingerprint density at radius 1 is 1.33 bits per heavy atom. The predicted molar refractivity (Wildman–Crippen MR) is 82.1 cm³/mol. The van der Waals surface area contributed by atoms with Crippen LogP contribution < -0.4 is 0 Å². The molecular formula is C16H16N2O2S. The molecule has 0 unspecified atom stereocenters. The molecular weight excluding hydrogens is 284 g/mol. The Bertz CT molecular complexity index is 615. The zero-order valence-electron chi connectivity index (χ0n) is 11.8. The van der Waals surface area contributed by atoms with Gasteiger partial charge in [0.05, 0.1) is 24.8 Å². The lowest BCUT2D eigenvalue weighted by Gasteiger charge is -2.22. The summed E-state index contributed by atoms with van der Waals surface area (Å²) in [4.78, 5) is 15.5. The highest BCUT2D eigenvalue weighted by Gasteiger charge is 2.16. The molecule has 0 aliphatic carbocycles. The van der Waals surface area contributed by atoms with Crippen molar-refractivity contribution in [1.29, 1.82) is 5.26 Å². The molecule has 0 aliphatic rings. The van der Waals surface area contributed by atoms with E-state index in [1.54, 1.807) is 47.6 Å². The van der Waals surface area contributed by atoms with Crippen LogP contribution in [0.25, 0.3) is 0 Å². The number of thiophene rings is 1. The van der Waals surface area contributed by atoms with Gasteiger partial charge in [-0.05, 0) is 35.7 Å². The minimum absolute atomic E-state index is 0.0510. The number of rotatable bonds is 6. The zero-order chi connectivity index (χ0) is 15.1. The highest BCUT2D eigenvalue weighted by Crippen LogP contribution is 2.15. The molecule has 0 radical (unpaired) electrons. The molecule has 0 saturated heterocycles. The summed E-state index contributed by atoms with van der Waals surface area (Å²) in [6.45, 7) is 1.60. The van der Waals surface area contributed by atoms with Gasteiger partial charge in [-0.1, -0.05) is 6.07 Å². The maximum absolute atomic E-state index is 12.6. The third-order valence-corrected chi connectivity index (χ3v) is 3.90. The van der Waals surface area contributed by atoms with Crippen LogP contribution in [0.3, 0.4) is 0 Å². The van der Waals surface area contributed by atoms with Crippen LogP contribution in [0.4, 0.5) is 0 Å². The zero-order valence-corrected chi connectivity index (χ0v) is 12.6. The van der Waals surface area contributed by atoms with Gasteiger partial charge in [-0.15, -0.1) is 11.3 Å². The molecule has 21 heavy (non-hydrogen) atoms. The second kappa shape index (κ2) is 7.58. The molecule has 0 N–H and O–H groups in total. The Morgan fingerprint density at radius 2 is 2.10 bits per heavy atom. The van der Waals surface area contributed by atoms with E-state index < -0.39 is 0 Å². The van der Waals surface area contributed by atoms with E-state index in [9.17, 15) is 4.79 Å². The van der Waals surface area contributed by atoms with Crippen molar-refractivity contribution in [3.05, 3.63) is 57.8 Å². The van der Waals surface area contributed by atoms with Crippen LogP contribution in [0.1, 0.15) is 20.8 Å². The number of hydrogen-bond acceptors (Lipinski definition) is 4. The average molecular weight is 300 g/mol. The maximum Gasteiger partial charge on any atom is 0.254 e. The summed E-state index contributed by atoms with van der Waals surface area (Å²) in [6, 6.07) is 12.7. The minimum Gasteiger partial charge on any atom is -0.383 e. The molecule has 1 heterocycles. The lowest BCUT2D eigenvalue weighted by molar-refractivity contribution is 0.0682. The first kappa shape index (κ1) is 15.2. The number of ether oxygens (including phenoxy) is 1. The third-order valence-electron chi connectivity index (χ3n) is 3.04. The van der Waals surface area contributed by atoms with E-state index in [0.29, 0.717) is 30.8 Å². The molecule has 1 aromatic carbocycles. The van der Waals surface area contributed by atoms with Gasteiger partial charge in [0.15, 0.2) is 0 Å². The summed E-state index contributed by atoms with van der Waals surface area (Å²) in [5.74, 6) is -0.0510. The number of methoxy groups -OCH3 is 1. The number of nitrogens with zero attached hydrogens (tertiary/aromatic N) is 2. The Morgan fingerprint density at radius 3 is 2.67 bits per heavy atom. The Labute approximate surface area is 128 Å². The van der Waals surface area contributed by atoms with Gasteiger partial charge < -0.3 is 9.64 Å². The summed E-state index contributed by atoms with van der Waals surface area (Å²) in [6.07, 6.45) is 0. The Balaban J connectivity index is 2.14. The van der Waals surface area contributed by atoms with Crippen molar-refractivity contribution in [2.24, 2.45) is 0 Å². The van der Waals surface area contributed by atoms with E-state index in [1.807, 2.05) is 23.6 Å². The van der Waals surface area contributed by atoms with Crippen LogP contribution >= 0.6 is 11.3 Å². The van der Waals surface area contributed by atoms with Crippen molar-refractivity contribution in [1.82, 2.24) is 4.90 Å². The minimum atomic E-state index is -0.0510. The topological polar surface area (TPSA) is 53.3 Å². The number of amides is 1. The summed E-state index contributed by atoms with van der Waals surface area (Å²) in [5.41, 5.74) is 1.13. The van der Waals surface area contributed by atoms with E-state index >= 15 is 0 Å². The standard InChI is InChI=1S/C16H16N2O2S/c1-20-9-8-18(12-15-3-2-10-21-15)16(19)14-6-4-13(11-17)5-7-14/h2-7,10H,8-9,12H2,1H3. The summed E-state index contributed by atoms with van der Waals surface area (Å²) >= 11 is 1.63. The second-order valence-corrected chi connectivity index (χ2v) is 5.52. The Hall–Kier alpha value is -2.16. The molecule has 5 heteroatoms. The molecule has 0 aliphatic heterocycles. The van der Waals surface area contributed by atoms with E-state index in [2.05, 4.69) is 0 Å². The third kappa shape index (κ3) is 4.15. The van der Waals surface area contributed by atoms with Gasteiger partial charge in [-0.25, -0.2) is 0 Å². The van der Waals surface area contributed by atoms with Gasteiger partial charge in [0.25, 0.3) is 5.91 Å². The molecule has 0 bridgehead atoms. The molecule has 2 aromatic rings. The SMILES string of the molecule is COCCN(Cc1cccs1)C(=O)c1ccc(C#N)cc1. The van der Waals surface area contributed by atoms with E-state index in [4.69, 9.17) is 10.00 Å². The quantitative estimate of drug-likeness (QED) is 0.824.